The molecule has 0 saturated carbocycles. The van der Waals surface area contributed by atoms with Crippen molar-refractivity contribution in [2.24, 2.45) is 5.73 Å². The zero-order valence-corrected chi connectivity index (χ0v) is 20.9. The number of ether oxygens (including phenoxy) is 1. The van der Waals surface area contributed by atoms with Crippen LogP contribution >= 0.6 is 0 Å². The summed E-state index contributed by atoms with van der Waals surface area (Å²) in [5, 5.41) is 12.0. The Morgan fingerprint density at radius 1 is 1.16 bits per heavy atom. The molecule has 0 aliphatic carbocycles. The molecule has 2 unspecified atom stereocenters. The van der Waals surface area contributed by atoms with Gasteiger partial charge >= 0.3 is 0 Å². The molecule has 2 fully saturated rings. The van der Waals surface area contributed by atoms with Gasteiger partial charge in [-0.2, -0.15) is 5.26 Å². The van der Waals surface area contributed by atoms with Gasteiger partial charge in [0.25, 0.3) is 5.91 Å². The molecule has 0 radical (unpaired) electrons. The van der Waals surface area contributed by atoms with E-state index in [4.69, 9.17) is 15.7 Å². The second kappa shape index (κ2) is 12.8. The summed E-state index contributed by atoms with van der Waals surface area (Å²) in [7, 11) is 0. The number of hydrogen-bond donors (Lipinski definition) is 2. The number of halogens is 1. The molecule has 2 amide bonds. The number of likely N-dealkylation sites (tertiary alicyclic amines) is 1. The summed E-state index contributed by atoms with van der Waals surface area (Å²) < 4.78 is 19.4. The summed E-state index contributed by atoms with van der Waals surface area (Å²) in [4.78, 5) is 30.5. The fourth-order valence-corrected chi connectivity index (χ4v) is 5.15. The molecule has 8 nitrogen and oxygen atoms in total. The number of nitriles is 1. The monoisotopic (exact) mass is 507 g/mol. The van der Waals surface area contributed by atoms with E-state index < -0.39 is 11.9 Å². The van der Waals surface area contributed by atoms with Gasteiger partial charge in [-0.3, -0.25) is 14.5 Å². The fourth-order valence-electron chi connectivity index (χ4n) is 5.15. The highest BCUT2D eigenvalue weighted by atomic mass is 19.1. The molecule has 2 aromatic carbocycles. The number of piperidine rings is 1. The van der Waals surface area contributed by atoms with Crippen LogP contribution in [0.25, 0.3) is 0 Å². The smallest absolute Gasteiger partial charge is 0.254 e. The second-order valence-electron chi connectivity index (χ2n) is 9.65. The summed E-state index contributed by atoms with van der Waals surface area (Å²) in [6, 6.07) is 14.5. The van der Waals surface area contributed by atoms with Crippen molar-refractivity contribution in [1.29, 1.82) is 5.26 Å². The molecule has 3 atom stereocenters. The molecule has 2 saturated heterocycles. The van der Waals surface area contributed by atoms with Gasteiger partial charge in [0.05, 0.1) is 17.7 Å². The third-order valence-electron chi connectivity index (χ3n) is 7.12. The molecule has 2 aliphatic heterocycles. The average Bonchev–Trinajstić information content (AvgIpc) is 3.44. The Balaban J connectivity index is 1.55. The number of amides is 2. The SMILES string of the molecule is N#Cc1ccc(CN(CC2CCCO2)C2CCN(C(=O)c3ccc(F)cc3)[C@@H](C(=O)NCCN)C2)cc1. The topological polar surface area (TPSA) is 112 Å². The Bertz CT molecular complexity index is 1100. The number of carbonyl (C=O) groups excluding carboxylic acids is 2. The number of benzene rings is 2. The van der Waals surface area contributed by atoms with Crippen molar-refractivity contribution < 1.29 is 18.7 Å². The number of carbonyl (C=O) groups is 2. The van der Waals surface area contributed by atoms with E-state index in [0.29, 0.717) is 50.1 Å². The molecule has 0 bridgehead atoms. The minimum Gasteiger partial charge on any atom is -0.377 e. The fraction of sp³-hybridized carbons (Fsp3) is 0.464. The number of nitrogens with two attached hydrogens (primary N) is 1. The summed E-state index contributed by atoms with van der Waals surface area (Å²) in [6.45, 7) is 3.16. The van der Waals surface area contributed by atoms with Crippen molar-refractivity contribution in [3.8, 4) is 6.07 Å². The van der Waals surface area contributed by atoms with E-state index in [-0.39, 0.29) is 24.0 Å². The average molecular weight is 508 g/mol. The normalized spacial score (nSPS) is 21.6. The maximum absolute atomic E-state index is 13.4. The van der Waals surface area contributed by atoms with Crippen molar-refractivity contribution in [1.82, 2.24) is 15.1 Å². The van der Waals surface area contributed by atoms with Gasteiger partial charge in [-0.15, -0.1) is 0 Å². The third kappa shape index (κ3) is 6.92. The second-order valence-corrected chi connectivity index (χ2v) is 9.65. The van der Waals surface area contributed by atoms with Gasteiger partial charge in [0.15, 0.2) is 0 Å². The van der Waals surface area contributed by atoms with Crippen molar-refractivity contribution in [2.75, 3.05) is 32.8 Å². The van der Waals surface area contributed by atoms with Gasteiger partial charge in [0.2, 0.25) is 5.91 Å². The zero-order chi connectivity index (χ0) is 26.2. The first kappa shape index (κ1) is 26.7. The van der Waals surface area contributed by atoms with Crippen LogP contribution in [0.3, 0.4) is 0 Å². The van der Waals surface area contributed by atoms with Gasteiger partial charge in [0.1, 0.15) is 11.9 Å². The van der Waals surface area contributed by atoms with Gasteiger partial charge in [-0.05, 0) is 67.6 Å². The van der Waals surface area contributed by atoms with E-state index in [9.17, 15) is 14.0 Å². The van der Waals surface area contributed by atoms with Gasteiger partial charge < -0.3 is 20.7 Å². The van der Waals surface area contributed by atoms with Crippen molar-refractivity contribution in [2.45, 2.75) is 50.4 Å². The lowest BCUT2D eigenvalue weighted by Crippen LogP contribution is -2.58. The molecule has 2 aromatic rings. The summed E-state index contributed by atoms with van der Waals surface area (Å²) in [5.74, 6) is -0.940. The highest BCUT2D eigenvalue weighted by Crippen LogP contribution is 2.27. The molecule has 196 valence electrons. The van der Waals surface area contributed by atoms with E-state index in [1.54, 1.807) is 4.90 Å². The van der Waals surface area contributed by atoms with Crippen LogP contribution in [-0.2, 0) is 16.1 Å². The number of hydrogen-bond acceptors (Lipinski definition) is 6. The largest absolute Gasteiger partial charge is 0.377 e. The molecule has 0 aromatic heterocycles. The third-order valence-corrected chi connectivity index (χ3v) is 7.12. The molecule has 2 aliphatic rings. The first-order valence-electron chi connectivity index (χ1n) is 12.9. The first-order chi connectivity index (χ1) is 18.0. The minimum atomic E-state index is -0.671. The standard InChI is InChI=1S/C28H34FN5O3/c29-23-9-7-22(8-10-23)28(36)34-14-11-24(16-26(34)27(35)32-13-12-30)33(19-25-2-1-15-37-25)18-21-5-3-20(17-31)4-6-21/h3-10,24-26H,1-2,11-16,18-19,30H2,(H,32,35)/t24?,25?,26-/m1/s1. The minimum absolute atomic E-state index is 0.0470. The Morgan fingerprint density at radius 2 is 1.92 bits per heavy atom. The van der Waals surface area contributed by atoms with Crippen molar-refractivity contribution >= 4 is 11.8 Å². The molecule has 2 heterocycles. The van der Waals surface area contributed by atoms with Crippen LogP contribution in [0.15, 0.2) is 48.5 Å². The van der Waals surface area contributed by atoms with E-state index in [0.717, 1.165) is 31.6 Å². The molecule has 0 spiro atoms. The summed E-state index contributed by atoms with van der Waals surface area (Å²) in [6.07, 6.45) is 3.31. The Kier molecular flexibility index (Phi) is 9.23. The van der Waals surface area contributed by atoms with Crippen LogP contribution in [0.5, 0.6) is 0 Å². The highest BCUT2D eigenvalue weighted by Gasteiger charge is 2.39. The van der Waals surface area contributed by atoms with Gasteiger partial charge in [0, 0.05) is 50.9 Å². The molecular weight excluding hydrogens is 473 g/mol. The number of nitrogens with one attached hydrogen (secondary N) is 1. The first-order valence-corrected chi connectivity index (χ1v) is 12.9. The summed E-state index contributed by atoms with van der Waals surface area (Å²) >= 11 is 0. The van der Waals surface area contributed by atoms with Crippen LogP contribution in [-0.4, -0.2) is 72.6 Å². The number of rotatable bonds is 9. The maximum atomic E-state index is 13.4. The Labute approximate surface area is 217 Å². The predicted molar refractivity (Wildman–Crippen MR) is 137 cm³/mol. The zero-order valence-electron chi connectivity index (χ0n) is 20.9. The number of nitrogens with zero attached hydrogens (tertiary/aromatic N) is 3. The van der Waals surface area contributed by atoms with Crippen LogP contribution in [0.2, 0.25) is 0 Å². The van der Waals surface area contributed by atoms with Crippen molar-refractivity contribution in [3.63, 3.8) is 0 Å². The molecule has 4 rings (SSSR count). The van der Waals surface area contributed by atoms with Gasteiger partial charge in [-0.1, -0.05) is 12.1 Å². The van der Waals surface area contributed by atoms with E-state index >= 15 is 0 Å². The maximum Gasteiger partial charge on any atom is 0.254 e. The van der Waals surface area contributed by atoms with Gasteiger partial charge in [-0.25, -0.2) is 4.39 Å². The lowest BCUT2D eigenvalue weighted by Gasteiger charge is -2.43. The lowest BCUT2D eigenvalue weighted by atomic mass is 9.93. The predicted octanol–water partition coefficient (Wildman–Crippen LogP) is 2.43. The Morgan fingerprint density at radius 3 is 2.57 bits per heavy atom. The van der Waals surface area contributed by atoms with Crippen LogP contribution < -0.4 is 11.1 Å². The van der Waals surface area contributed by atoms with E-state index in [1.165, 1.54) is 24.3 Å². The molecular formula is C28H34FN5O3. The Hall–Kier alpha value is -3.32. The van der Waals surface area contributed by atoms with Crippen molar-refractivity contribution in [3.05, 3.63) is 71.0 Å². The molecule has 3 N–H and O–H groups in total. The van der Waals surface area contributed by atoms with E-state index in [1.807, 2.05) is 24.3 Å². The highest BCUT2D eigenvalue weighted by molar-refractivity contribution is 5.97. The van der Waals surface area contributed by atoms with Crippen LogP contribution in [0, 0.1) is 17.1 Å². The lowest BCUT2D eigenvalue weighted by molar-refractivity contribution is -0.127. The summed E-state index contributed by atoms with van der Waals surface area (Å²) in [5.41, 5.74) is 7.64. The molecule has 9 heteroatoms. The molecule has 37 heavy (non-hydrogen) atoms. The van der Waals surface area contributed by atoms with E-state index in [2.05, 4.69) is 16.3 Å². The van der Waals surface area contributed by atoms with Crippen LogP contribution in [0.1, 0.15) is 47.2 Å². The quantitative estimate of drug-likeness (QED) is 0.539. The van der Waals surface area contributed by atoms with Crippen LogP contribution in [0.4, 0.5) is 4.39 Å².